The van der Waals surface area contributed by atoms with Gasteiger partial charge in [-0.15, -0.1) is 0 Å². The second-order valence-corrected chi connectivity index (χ2v) is 7.00. The summed E-state index contributed by atoms with van der Waals surface area (Å²) in [5.41, 5.74) is 2.40. The van der Waals surface area contributed by atoms with E-state index in [4.69, 9.17) is 25.5 Å². The summed E-state index contributed by atoms with van der Waals surface area (Å²) in [4.78, 5) is 22.1. The minimum atomic E-state index is -0.106. The molecule has 4 rings (SSSR count). The van der Waals surface area contributed by atoms with E-state index in [2.05, 4.69) is 14.9 Å². The average molecular weight is 402 g/mol. The summed E-state index contributed by atoms with van der Waals surface area (Å²) in [5.74, 6) is 2.11. The Bertz CT molecular complexity index is 1050. The number of ether oxygens (including phenoxy) is 2. The molecular formula is C20H20ClN3O4. The lowest BCUT2D eigenvalue weighted by Gasteiger charge is -2.28. The fourth-order valence-corrected chi connectivity index (χ4v) is 3.79. The van der Waals surface area contributed by atoms with Crippen LogP contribution in [-0.4, -0.2) is 35.6 Å². The molecule has 0 fully saturated rings. The first-order valence-electron chi connectivity index (χ1n) is 8.87. The quantitative estimate of drug-likeness (QED) is 0.706. The summed E-state index contributed by atoms with van der Waals surface area (Å²) in [7, 11) is 3.15. The van der Waals surface area contributed by atoms with Crippen LogP contribution < -0.4 is 15.0 Å². The van der Waals surface area contributed by atoms with Crippen molar-refractivity contribution in [3.63, 3.8) is 0 Å². The van der Waals surface area contributed by atoms with Crippen LogP contribution in [0.3, 0.4) is 0 Å². The van der Waals surface area contributed by atoms with E-state index in [0.29, 0.717) is 47.6 Å². The van der Waals surface area contributed by atoms with Crippen molar-refractivity contribution in [2.75, 3.05) is 20.8 Å². The number of aromatic nitrogens is 2. The van der Waals surface area contributed by atoms with Crippen LogP contribution in [0.4, 0.5) is 0 Å². The molecule has 0 saturated carbocycles. The summed E-state index contributed by atoms with van der Waals surface area (Å²) in [5, 5.41) is 0.504. The highest BCUT2D eigenvalue weighted by molar-refractivity contribution is 6.32. The van der Waals surface area contributed by atoms with Crippen molar-refractivity contribution in [3.05, 3.63) is 62.7 Å². The highest BCUT2D eigenvalue weighted by Gasteiger charge is 2.23. The van der Waals surface area contributed by atoms with Gasteiger partial charge in [0.25, 0.3) is 5.56 Å². The van der Waals surface area contributed by atoms with Gasteiger partial charge >= 0.3 is 0 Å². The third kappa shape index (κ3) is 3.50. The Morgan fingerprint density at radius 2 is 2.18 bits per heavy atom. The van der Waals surface area contributed by atoms with Crippen molar-refractivity contribution < 1.29 is 13.9 Å². The third-order valence-electron chi connectivity index (χ3n) is 4.81. The number of aromatic amines is 1. The van der Waals surface area contributed by atoms with Crippen molar-refractivity contribution in [1.82, 2.24) is 14.9 Å². The third-order valence-corrected chi connectivity index (χ3v) is 5.09. The number of fused-ring (bicyclic) bond motifs is 1. The molecule has 2 aromatic heterocycles. The predicted octanol–water partition coefficient (Wildman–Crippen LogP) is 3.26. The lowest BCUT2D eigenvalue weighted by molar-refractivity contribution is 0.240. The molecule has 0 unspecified atom stereocenters. The molecule has 3 heterocycles. The van der Waals surface area contributed by atoms with Crippen LogP contribution in [-0.2, 0) is 19.5 Å². The topological polar surface area (TPSA) is 80.6 Å². The molecule has 8 heteroatoms. The maximum atomic E-state index is 12.4. The number of rotatable bonds is 5. The Balaban J connectivity index is 1.59. The van der Waals surface area contributed by atoms with E-state index < -0.39 is 0 Å². The first-order chi connectivity index (χ1) is 13.6. The fraction of sp³-hybridized carbons (Fsp3) is 0.300. The minimum absolute atomic E-state index is 0.106. The van der Waals surface area contributed by atoms with Gasteiger partial charge in [-0.05, 0) is 36.2 Å². The van der Waals surface area contributed by atoms with Gasteiger partial charge in [-0.2, -0.15) is 0 Å². The van der Waals surface area contributed by atoms with Crippen LogP contribution in [0.15, 0.2) is 39.7 Å². The second-order valence-electron chi connectivity index (χ2n) is 6.59. The number of methoxy groups -OCH3 is 2. The van der Waals surface area contributed by atoms with E-state index in [1.807, 2.05) is 12.1 Å². The largest absolute Gasteiger partial charge is 0.493 e. The molecule has 3 aromatic rings. The summed E-state index contributed by atoms with van der Waals surface area (Å²) >= 11 is 6.32. The van der Waals surface area contributed by atoms with Gasteiger partial charge in [0.15, 0.2) is 23.1 Å². The number of benzene rings is 1. The molecule has 28 heavy (non-hydrogen) atoms. The number of furan rings is 1. The molecule has 0 atom stereocenters. The molecule has 1 N–H and O–H groups in total. The van der Waals surface area contributed by atoms with Crippen molar-refractivity contribution >= 4 is 11.6 Å². The molecule has 7 nitrogen and oxygen atoms in total. The summed E-state index contributed by atoms with van der Waals surface area (Å²) in [6, 6.07) is 7.33. The number of hydrogen-bond acceptors (Lipinski definition) is 6. The van der Waals surface area contributed by atoms with E-state index in [-0.39, 0.29) is 5.56 Å². The number of nitrogens with zero attached hydrogens (tertiary/aromatic N) is 2. The maximum absolute atomic E-state index is 12.4. The van der Waals surface area contributed by atoms with Crippen LogP contribution in [0.1, 0.15) is 16.8 Å². The van der Waals surface area contributed by atoms with Gasteiger partial charge in [0.1, 0.15) is 0 Å². The van der Waals surface area contributed by atoms with Gasteiger partial charge < -0.3 is 18.9 Å². The van der Waals surface area contributed by atoms with Crippen LogP contribution in [0.2, 0.25) is 5.02 Å². The SMILES string of the molecule is COc1cc(CN2CCc3c(nc(-c4ccco4)[nH]c3=O)C2)cc(Cl)c1OC. The minimum Gasteiger partial charge on any atom is -0.493 e. The molecule has 0 saturated heterocycles. The number of hydrogen-bond donors (Lipinski definition) is 1. The molecule has 0 bridgehead atoms. The lowest BCUT2D eigenvalue weighted by atomic mass is 10.1. The van der Waals surface area contributed by atoms with Gasteiger partial charge in [0.2, 0.25) is 0 Å². The zero-order chi connectivity index (χ0) is 19.7. The molecule has 1 aromatic carbocycles. The summed E-state index contributed by atoms with van der Waals surface area (Å²) in [6.07, 6.45) is 2.19. The zero-order valence-electron chi connectivity index (χ0n) is 15.6. The molecule has 0 spiro atoms. The van der Waals surface area contributed by atoms with Crippen LogP contribution >= 0.6 is 11.6 Å². The number of halogens is 1. The van der Waals surface area contributed by atoms with Gasteiger partial charge in [0.05, 0.1) is 31.2 Å². The number of nitrogens with one attached hydrogen (secondary N) is 1. The molecule has 146 valence electrons. The van der Waals surface area contributed by atoms with Gasteiger partial charge in [0, 0.05) is 25.2 Å². The molecule has 0 aliphatic carbocycles. The van der Waals surface area contributed by atoms with E-state index in [0.717, 1.165) is 23.4 Å². The van der Waals surface area contributed by atoms with Crippen molar-refractivity contribution in [2.24, 2.45) is 0 Å². The molecule has 0 radical (unpaired) electrons. The average Bonchev–Trinajstić information content (AvgIpc) is 3.22. The lowest BCUT2D eigenvalue weighted by Crippen LogP contribution is -2.35. The van der Waals surface area contributed by atoms with Crippen molar-refractivity contribution in [2.45, 2.75) is 19.5 Å². The van der Waals surface area contributed by atoms with Crippen molar-refractivity contribution in [1.29, 1.82) is 0 Å². The van der Waals surface area contributed by atoms with Crippen LogP contribution in [0.5, 0.6) is 11.5 Å². The Morgan fingerprint density at radius 1 is 1.32 bits per heavy atom. The van der Waals surface area contributed by atoms with E-state index >= 15 is 0 Å². The first kappa shape index (κ1) is 18.6. The predicted molar refractivity (Wildman–Crippen MR) is 105 cm³/mol. The summed E-state index contributed by atoms with van der Waals surface area (Å²) in [6.45, 7) is 1.98. The Kier molecular flexibility index (Phi) is 5.11. The standard InChI is InChI=1S/C20H20ClN3O4/c1-26-17-9-12(8-14(21)18(17)27-2)10-24-6-5-13-15(11-24)22-19(23-20(13)25)16-4-3-7-28-16/h3-4,7-9H,5-6,10-11H2,1-2H3,(H,22,23,25). The Morgan fingerprint density at radius 3 is 2.89 bits per heavy atom. The van der Waals surface area contributed by atoms with E-state index in [1.165, 1.54) is 0 Å². The Hall–Kier alpha value is -2.77. The normalized spacial score (nSPS) is 14.0. The van der Waals surface area contributed by atoms with Crippen molar-refractivity contribution in [3.8, 4) is 23.1 Å². The highest BCUT2D eigenvalue weighted by atomic mass is 35.5. The highest BCUT2D eigenvalue weighted by Crippen LogP contribution is 2.36. The van der Waals surface area contributed by atoms with Crippen LogP contribution in [0, 0.1) is 0 Å². The fourth-order valence-electron chi connectivity index (χ4n) is 3.48. The zero-order valence-corrected chi connectivity index (χ0v) is 16.4. The molecule has 1 aliphatic rings. The number of H-pyrrole nitrogens is 1. The van der Waals surface area contributed by atoms with Gasteiger partial charge in [-0.25, -0.2) is 4.98 Å². The second kappa shape index (κ2) is 7.69. The molecule has 1 aliphatic heterocycles. The van der Waals surface area contributed by atoms with Gasteiger partial charge in [-0.3, -0.25) is 9.69 Å². The Labute approximate surface area is 166 Å². The van der Waals surface area contributed by atoms with E-state index in [9.17, 15) is 4.79 Å². The maximum Gasteiger partial charge on any atom is 0.254 e. The smallest absolute Gasteiger partial charge is 0.254 e. The first-order valence-corrected chi connectivity index (χ1v) is 9.25. The van der Waals surface area contributed by atoms with E-state index in [1.54, 1.807) is 32.6 Å². The molecular weight excluding hydrogens is 382 g/mol. The van der Waals surface area contributed by atoms with Crippen LogP contribution in [0.25, 0.3) is 11.6 Å². The van der Waals surface area contributed by atoms with Gasteiger partial charge in [-0.1, -0.05) is 11.6 Å². The molecule has 0 amide bonds. The monoisotopic (exact) mass is 401 g/mol. The summed E-state index contributed by atoms with van der Waals surface area (Å²) < 4.78 is 16.0.